The third kappa shape index (κ3) is 4.48. The summed E-state index contributed by atoms with van der Waals surface area (Å²) >= 11 is 0. The summed E-state index contributed by atoms with van der Waals surface area (Å²) in [7, 11) is 0. The van der Waals surface area contributed by atoms with Gasteiger partial charge in [0, 0.05) is 12.4 Å². The van der Waals surface area contributed by atoms with Crippen LogP contribution in [0.2, 0.25) is 0 Å². The summed E-state index contributed by atoms with van der Waals surface area (Å²) in [5.74, 6) is 0. The van der Waals surface area contributed by atoms with Gasteiger partial charge in [0.15, 0.2) is 0 Å². The average molecular weight is 295 g/mol. The quantitative estimate of drug-likeness (QED) is 0.515. The Morgan fingerprint density at radius 2 is 1.50 bits per heavy atom. The molecule has 0 fully saturated rings. The lowest BCUT2D eigenvalue weighted by atomic mass is 10.3. The Morgan fingerprint density at radius 3 is 2.05 bits per heavy atom. The molecule has 0 aliphatic carbocycles. The van der Waals surface area contributed by atoms with Gasteiger partial charge in [0.2, 0.25) is 0 Å². The minimum atomic E-state index is -0.662. The van der Waals surface area contributed by atoms with Gasteiger partial charge in [-0.1, -0.05) is 12.1 Å². The van der Waals surface area contributed by atoms with Crippen molar-refractivity contribution in [1.82, 2.24) is 15.4 Å². The Bertz CT molecular complexity index is 694. The van der Waals surface area contributed by atoms with Crippen LogP contribution in [0.4, 0.5) is 0 Å². The molecule has 2 rings (SSSR count). The number of hydrogen-bond donors (Lipinski definition) is 1. The van der Waals surface area contributed by atoms with Crippen LogP contribution in [0.25, 0.3) is 0 Å². The normalized spacial score (nSPS) is 13.1. The third-order valence-electron chi connectivity index (χ3n) is 2.68. The molecule has 0 aromatic carbocycles. The summed E-state index contributed by atoms with van der Waals surface area (Å²) in [4.78, 5) is 8.23. The molecule has 0 atom stereocenters. The molecule has 112 valence electrons. The van der Waals surface area contributed by atoms with Gasteiger partial charge in [-0.3, -0.25) is 15.4 Å². The molecule has 0 saturated carbocycles. The molecule has 2 aromatic rings. The summed E-state index contributed by atoms with van der Waals surface area (Å²) in [5.41, 5.74) is 4.76. The van der Waals surface area contributed by atoms with Crippen molar-refractivity contribution in [2.75, 3.05) is 0 Å². The second-order valence-corrected chi connectivity index (χ2v) is 4.33. The van der Waals surface area contributed by atoms with Crippen LogP contribution in [-0.2, 0) is 0 Å². The maximum atomic E-state index is 11.6. The van der Waals surface area contributed by atoms with Gasteiger partial charge in [-0.05, 0) is 38.1 Å². The average Bonchev–Trinajstić information content (AvgIpc) is 2.59. The standard InChI is InChI=1S/C15H16N6O/c1-11(13-7-3-5-9-16-13)18-20-15(22)21-19-12(2)14-8-4-6-10-17-14/h3-10H,1-2H3,(H2,20,21,22)/p-1. The zero-order valence-corrected chi connectivity index (χ0v) is 12.3. The first kappa shape index (κ1) is 15.3. The van der Waals surface area contributed by atoms with Gasteiger partial charge in [-0.2, -0.15) is 10.2 Å². The van der Waals surface area contributed by atoms with E-state index in [-0.39, 0.29) is 0 Å². The lowest BCUT2D eigenvalue weighted by Crippen LogP contribution is -2.31. The van der Waals surface area contributed by atoms with E-state index in [0.717, 1.165) is 0 Å². The molecule has 0 aliphatic rings. The third-order valence-corrected chi connectivity index (χ3v) is 2.68. The van der Waals surface area contributed by atoms with Gasteiger partial charge in [0.1, 0.15) is 0 Å². The van der Waals surface area contributed by atoms with Crippen LogP contribution in [0, 0.1) is 0 Å². The van der Waals surface area contributed by atoms with Gasteiger partial charge in [0.05, 0.1) is 28.8 Å². The van der Waals surface area contributed by atoms with Crippen molar-refractivity contribution in [2.45, 2.75) is 13.8 Å². The van der Waals surface area contributed by atoms with E-state index in [2.05, 4.69) is 30.7 Å². The minimum Gasteiger partial charge on any atom is -0.844 e. The highest BCUT2D eigenvalue weighted by molar-refractivity contribution is 5.98. The fourth-order valence-electron chi connectivity index (χ4n) is 1.54. The number of nitrogens with one attached hydrogen (secondary N) is 1. The molecule has 0 unspecified atom stereocenters. The first-order chi connectivity index (χ1) is 10.7. The first-order valence-corrected chi connectivity index (χ1v) is 6.59. The molecule has 0 spiro atoms. The molecule has 7 heteroatoms. The fraction of sp³-hybridized carbons (Fsp3) is 0.133. The van der Waals surface area contributed by atoms with E-state index in [1.54, 1.807) is 50.5 Å². The fourth-order valence-corrected chi connectivity index (χ4v) is 1.54. The summed E-state index contributed by atoms with van der Waals surface area (Å²) in [6, 6.07) is 10.2. The van der Waals surface area contributed by atoms with Crippen LogP contribution in [-0.4, -0.2) is 27.4 Å². The molecule has 0 radical (unpaired) electrons. The predicted molar refractivity (Wildman–Crippen MR) is 83.5 cm³/mol. The first-order valence-electron chi connectivity index (χ1n) is 6.59. The Hall–Kier alpha value is -3.09. The summed E-state index contributed by atoms with van der Waals surface area (Å²) < 4.78 is 0. The van der Waals surface area contributed by atoms with Gasteiger partial charge >= 0.3 is 0 Å². The number of rotatable bonds is 4. The largest absolute Gasteiger partial charge is 0.844 e. The number of pyridine rings is 2. The Balaban J connectivity index is 2.01. The molecule has 1 N–H and O–H groups in total. The van der Waals surface area contributed by atoms with Crippen molar-refractivity contribution in [3.8, 4) is 0 Å². The molecule has 7 nitrogen and oxygen atoms in total. The van der Waals surface area contributed by atoms with Gasteiger partial charge < -0.3 is 5.11 Å². The van der Waals surface area contributed by atoms with E-state index in [4.69, 9.17) is 0 Å². The smallest absolute Gasteiger partial charge is 0.0985 e. The number of hydrazone groups is 1. The molecule has 2 heterocycles. The lowest BCUT2D eigenvalue weighted by molar-refractivity contribution is -0.222. The van der Waals surface area contributed by atoms with E-state index in [9.17, 15) is 5.11 Å². The molecule has 0 amide bonds. The highest BCUT2D eigenvalue weighted by atomic mass is 16.3. The van der Waals surface area contributed by atoms with Crippen molar-refractivity contribution in [3.63, 3.8) is 0 Å². The maximum absolute atomic E-state index is 11.6. The van der Waals surface area contributed by atoms with Crippen molar-refractivity contribution in [1.29, 1.82) is 0 Å². The highest BCUT2D eigenvalue weighted by Gasteiger charge is 1.97. The van der Waals surface area contributed by atoms with E-state index in [0.29, 0.717) is 22.8 Å². The SMILES string of the molecule is CC(=NN=C([O-])NN=C(C)c1ccccn1)c1ccccn1. The van der Waals surface area contributed by atoms with Crippen molar-refractivity contribution in [3.05, 3.63) is 60.2 Å². The number of nitrogens with zero attached hydrogens (tertiary/aromatic N) is 5. The Labute approximate surface area is 128 Å². The van der Waals surface area contributed by atoms with Crippen LogP contribution in [0.1, 0.15) is 25.2 Å². The Kier molecular flexibility index (Phi) is 5.31. The van der Waals surface area contributed by atoms with E-state index in [1.807, 2.05) is 12.1 Å². The van der Waals surface area contributed by atoms with Crippen molar-refractivity contribution < 1.29 is 5.11 Å². The topological polar surface area (TPSA) is 98.0 Å². The summed E-state index contributed by atoms with van der Waals surface area (Å²) in [6.45, 7) is 3.46. The Morgan fingerprint density at radius 1 is 0.909 bits per heavy atom. The monoisotopic (exact) mass is 295 g/mol. The van der Waals surface area contributed by atoms with Crippen molar-refractivity contribution in [2.24, 2.45) is 15.3 Å². The summed E-state index contributed by atoms with van der Waals surface area (Å²) in [6.07, 6.45) is 3.30. The van der Waals surface area contributed by atoms with E-state index >= 15 is 0 Å². The predicted octanol–water partition coefficient (Wildman–Crippen LogP) is 0.931. The van der Waals surface area contributed by atoms with Crippen LogP contribution in [0.3, 0.4) is 0 Å². The number of amidine groups is 1. The lowest BCUT2D eigenvalue weighted by Gasteiger charge is -2.08. The maximum Gasteiger partial charge on any atom is 0.0985 e. The molecular formula is C15H15N6O-. The van der Waals surface area contributed by atoms with Gasteiger partial charge in [0.25, 0.3) is 0 Å². The van der Waals surface area contributed by atoms with Gasteiger partial charge in [-0.25, -0.2) is 0 Å². The van der Waals surface area contributed by atoms with Crippen LogP contribution >= 0.6 is 0 Å². The molecule has 0 saturated heterocycles. The highest BCUT2D eigenvalue weighted by Crippen LogP contribution is 1.97. The van der Waals surface area contributed by atoms with E-state index in [1.165, 1.54) is 0 Å². The minimum absolute atomic E-state index is 0.543. The molecule has 0 aliphatic heterocycles. The number of hydrogen-bond acceptors (Lipinski definition) is 6. The second-order valence-electron chi connectivity index (χ2n) is 4.33. The zero-order valence-electron chi connectivity index (χ0n) is 12.3. The summed E-state index contributed by atoms with van der Waals surface area (Å²) in [5, 5.41) is 22.9. The molecule has 0 bridgehead atoms. The molecule has 2 aromatic heterocycles. The molecular weight excluding hydrogens is 280 g/mol. The van der Waals surface area contributed by atoms with Crippen molar-refractivity contribution >= 4 is 17.4 Å². The molecule has 22 heavy (non-hydrogen) atoms. The van der Waals surface area contributed by atoms with Gasteiger partial charge in [-0.15, -0.1) is 5.10 Å². The number of aromatic nitrogens is 2. The van der Waals surface area contributed by atoms with Crippen LogP contribution < -0.4 is 10.5 Å². The van der Waals surface area contributed by atoms with Crippen LogP contribution in [0.5, 0.6) is 0 Å². The van der Waals surface area contributed by atoms with E-state index < -0.39 is 6.02 Å². The van der Waals surface area contributed by atoms with Crippen LogP contribution in [0.15, 0.2) is 64.1 Å². The second kappa shape index (κ2) is 7.63. The zero-order chi connectivity index (χ0) is 15.8.